The molecule has 1 spiro atoms. The monoisotopic (exact) mass is 495 g/mol. The molecule has 9 nitrogen and oxygen atoms in total. The minimum absolute atomic E-state index is 0.106. The van der Waals surface area contributed by atoms with Crippen molar-refractivity contribution in [1.29, 1.82) is 0 Å². The zero-order valence-electron chi connectivity index (χ0n) is 20.7. The zero-order valence-corrected chi connectivity index (χ0v) is 20.7. The summed E-state index contributed by atoms with van der Waals surface area (Å²) in [6, 6.07) is 18.3. The van der Waals surface area contributed by atoms with E-state index in [1.165, 1.54) is 0 Å². The second-order valence-electron chi connectivity index (χ2n) is 9.47. The summed E-state index contributed by atoms with van der Waals surface area (Å²) >= 11 is 0. The number of nitrogens with one attached hydrogen (secondary N) is 3. The molecule has 3 N–H and O–H groups in total. The number of hydrogen-bond acceptors (Lipinski definition) is 9. The Morgan fingerprint density at radius 2 is 1.84 bits per heavy atom. The van der Waals surface area contributed by atoms with Crippen molar-refractivity contribution in [2.45, 2.75) is 31.9 Å². The number of pyridine rings is 1. The van der Waals surface area contributed by atoms with Crippen LogP contribution >= 0.6 is 0 Å². The number of amidine groups is 1. The van der Waals surface area contributed by atoms with Crippen LogP contribution in [0.15, 0.2) is 72.1 Å². The Labute approximate surface area is 215 Å². The van der Waals surface area contributed by atoms with Gasteiger partial charge in [-0.3, -0.25) is 4.98 Å². The first-order chi connectivity index (χ1) is 18.2. The molecule has 4 heterocycles. The quantitative estimate of drug-likeness (QED) is 0.357. The van der Waals surface area contributed by atoms with Gasteiger partial charge in [-0.1, -0.05) is 6.07 Å². The maximum Gasteiger partial charge on any atom is 0.289 e. The molecule has 2 aliphatic rings. The number of hydrogen-bond donors (Lipinski definition) is 3. The summed E-state index contributed by atoms with van der Waals surface area (Å²) in [5, 5.41) is 11.1. The normalized spacial score (nSPS) is 16.3. The van der Waals surface area contributed by atoms with Crippen LogP contribution in [0.2, 0.25) is 0 Å². The molecule has 188 valence electrons. The van der Waals surface area contributed by atoms with Gasteiger partial charge in [-0.2, -0.15) is 0 Å². The van der Waals surface area contributed by atoms with Crippen molar-refractivity contribution in [3.8, 4) is 5.75 Å². The summed E-state index contributed by atoms with van der Waals surface area (Å²) in [6.07, 6.45) is 5.32. The Balaban J connectivity index is 1.18. The third-order valence-corrected chi connectivity index (χ3v) is 6.78. The first-order valence-corrected chi connectivity index (χ1v) is 12.5. The van der Waals surface area contributed by atoms with Crippen LogP contribution in [0.5, 0.6) is 5.75 Å². The standard InChI is InChI=1S/C28H29N7O2/c1-19-14-20(6-8-25(19)36-16-22-4-2-3-11-30-22)33-26-23-15-21(5-7-24(23)31-18-32-26)34-27-35-28(17-37-27)9-12-29-13-10-28/h2-8,11,14-15,18,29H,9-10,12-13,16-17H2,1H3,(H,34,35)(H,31,32,33). The fourth-order valence-corrected chi connectivity index (χ4v) is 4.71. The highest BCUT2D eigenvalue weighted by Crippen LogP contribution is 2.31. The van der Waals surface area contributed by atoms with E-state index in [1.807, 2.05) is 61.5 Å². The van der Waals surface area contributed by atoms with Gasteiger partial charge in [0.2, 0.25) is 0 Å². The number of aliphatic imine (C=N–C) groups is 1. The number of ether oxygens (including phenoxy) is 2. The lowest BCUT2D eigenvalue weighted by molar-refractivity contribution is 0.214. The molecule has 0 atom stereocenters. The third-order valence-electron chi connectivity index (χ3n) is 6.78. The van der Waals surface area contributed by atoms with Crippen molar-refractivity contribution in [2.75, 3.05) is 30.3 Å². The lowest BCUT2D eigenvalue weighted by Gasteiger charge is -2.28. The van der Waals surface area contributed by atoms with Gasteiger partial charge in [0.15, 0.2) is 0 Å². The first-order valence-electron chi connectivity index (χ1n) is 12.5. The average molecular weight is 496 g/mol. The lowest BCUT2D eigenvalue weighted by Crippen LogP contribution is -2.41. The van der Waals surface area contributed by atoms with Crippen LogP contribution in [0, 0.1) is 6.92 Å². The molecule has 9 heteroatoms. The van der Waals surface area contributed by atoms with Crippen molar-refractivity contribution in [1.82, 2.24) is 20.3 Å². The van der Waals surface area contributed by atoms with E-state index in [-0.39, 0.29) is 5.54 Å². The highest BCUT2D eigenvalue weighted by Gasteiger charge is 2.37. The molecule has 0 unspecified atom stereocenters. The van der Waals surface area contributed by atoms with E-state index >= 15 is 0 Å². The van der Waals surface area contributed by atoms with Crippen LogP contribution in [0.4, 0.5) is 17.2 Å². The molecule has 2 aromatic carbocycles. The van der Waals surface area contributed by atoms with E-state index in [4.69, 9.17) is 14.5 Å². The van der Waals surface area contributed by atoms with Gasteiger partial charge in [0.25, 0.3) is 6.02 Å². The van der Waals surface area contributed by atoms with Crippen LogP contribution in [-0.2, 0) is 11.3 Å². The summed E-state index contributed by atoms with van der Waals surface area (Å²) in [7, 11) is 0. The number of benzene rings is 2. The fraction of sp³-hybridized carbons (Fsp3) is 0.286. The molecule has 6 rings (SSSR count). The molecule has 0 bridgehead atoms. The summed E-state index contributed by atoms with van der Waals surface area (Å²) in [6.45, 7) is 5.02. The van der Waals surface area contributed by atoms with E-state index in [0.29, 0.717) is 19.2 Å². The van der Waals surface area contributed by atoms with Gasteiger partial charge in [-0.25, -0.2) is 15.0 Å². The van der Waals surface area contributed by atoms with Gasteiger partial charge in [0, 0.05) is 23.0 Å². The zero-order chi connectivity index (χ0) is 25.1. The van der Waals surface area contributed by atoms with Gasteiger partial charge in [0.05, 0.1) is 11.2 Å². The van der Waals surface area contributed by atoms with Crippen LogP contribution in [0.3, 0.4) is 0 Å². The van der Waals surface area contributed by atoms with E-state index in [0.717, 1.165) is 71.0 Å². The number of piperidine rings is 1. The van der Waals surface area contributed by atoms with Gasteiger partial charge in [-0.05, 0) is 86.9 Å². The molecule has 0 radical (unpaired) electrons. The number of aromatic nitrogens is 3. The van der Waals surface area contributed by atoms with Crippen LogP contribution in [-0.4, -0.2) is 46.2 Å². The third kappa shape index (κ3) is 5.17. The number of fused-ring (bicyclic) bond motifs is 1. The molecule has 4 aromatic rings. The van der Waals surface area contributed by atoms with Gasteiger partial charge < -0.3 is 25.4 Å². The summed E-state index contributed by atoms with van der Waals surface area (Å²) in [4.78, 5) is 18.1. The number of anilines is 3. The van der Waals surface area contributed by atoms with Crippen molar-refractivity contribution in [3.63, 3.8) is 0 Å². The highest BCUT2D eigenvalue weighted by molar-refractivity contribution is 5.97. The molecule has 0 aliphatic carbocycles. The van der Waals surface area contributed by atoms with Crippen molar-refractivity contribution in [3.05, 3.63) is 78.4 Å². The predicted molar refractivity (Wildman–Crippen MR) is 144 cm³/mol. The fourth-order valence-electron chi connectivity index (χ4n) is 4.71. The van der Waals surface area contributed by atoms with E-state index in [9.17, 15) is 0 Å². The molecule has 1 fully saturated rings. The van der Waals surface area contributed by atoms with Gasteiger partial charge in [-0.15, -0.1) is 0 Å². The van der Waals surface area contributed by atoms with E-state index in [2.05, 4.69) is 30.9 Å². The molecule has 1 saturated heterocycles. The molecule has 0 amide bonds. The predicted octanol–water partition coefficient (Wildman–Crippen LogP) is 4.58. The molecule has 2 aromatic heterocycles. The average Bonchev–Trinajstić information content (AvgIpc) is 3.30. The maximum atomic E-state index is 5.97. The van der Waals surface area contributed by atoms with Crippen molar-refractivity contribution < 1.29 is 9.47 Å². The van der Waals surface area contributed by atoms with Crippen LogP contribution < -0.4 is 20.7 Å². The Morgan fingerprint density at radius 3 is 2.68 bits per heavy atom. The number of rotatable bonds is 6. The topological polar surface area (TPSA) is 106 Å². The van der Waals surface area contributed by atoms with Crippen molar-refractivity contribution >= 4 is 34.1 Å². The van der Waals surface area contributed by atoms with E-state index in [1.54, 1.807) is 12.5 Å². The maximum absolute atomic E-state index is 5.97. The Bertz CT molecular complexity index is 1440. The smallest absolute Gasteiger partial charge is 0.289 e. The van der Waals surface area contributed by atoms with E-state index < -0.39 is 0 Å². The second kappa shape index (κ2) is 10.0. The largest absolute Gasteiger partial charge is 0.487 e. The minimum atomic E-state index is -0.106. The highest BCUT2D eigenvalue weighted by atomic mass is 16.5. The Morgan fingerprint density at radius 1 is 0.973 bits per heavy atom. The molecule has 2 aliphatic heterocycles. The number of nitrogens with zero attached hydrogens (tertiary/aromatic N) is 4. The first kappa shape index (κ1) is 23.2. The van der Waals surface area contributed by atoms with Crippen LogP contribution in [0.1, 0.15) is 24.1 Å². The van der Waals surface area contributed by atoms with Crippen LogP contribution in [0.25, 0.3) is 10.9 Å². The molecule has 0 saturated carbocycles. The minimum Gasteiger partial charge on any atom is -0.487 e. The Kier molecular flexibility index (Phi) is 6.28. The Hall–Kier alpha value is -4.24. The lowest BCUT2D eigenvalue weighted by atomic mass is 9.91. The van der Waals surface area contributed by atoms with Gasteiger partial charge in [0.1, 0.15) is 36.6 Å². The second-order valence-corrected chi connectivity index (χ2v) is 9.47. The molecule has 37 heavy (non-hydrogen) atoms. The molecular weight excluding hydrogens is 466 g/mol. The van der Waals surface area contributed by atoms with Gasteiger partial charge >= 0.3 is 0 Å². The molecular formula is C28H29N7O2. The van der Waals surface area contributed by atoms with Crippen molar-refractivity contribution in [2.24, 2.45) is 4.99 Å². The SMILES string of the molecule is Cc1cc(Nc2ncnc3ccc(NC4=NC5(CCNCC5)CO4)cc23)ccc1OCc1ccccn1. The number of aryl methyl sites for hydroxylation is 1. The summed E-state index contributed by atoms with van der Waals surface area (Å²) in [5.74, 6) is 1.54. The summed E-state index contributed by atoms with van der Waals surface area (Å²) < 4.78 is 11.9. The summed E-state index contributed by atoms with van der Waals surface area (Å²) in [5.41, 5.74) is 4.44.